The van der Waals surface area contributed by atoms with Crippen molar-refractivity contribution in [1.82, 2.24) is 0 Å². The van der Waals surface area contributed by atoms with Crippen molar-refractivity contribution in [2.45, 2.75) is 6.92 Å². The normalized spacial score (nSPS) is 10.2. The smallest absolute Gasteiger partial charge is 0.259 e. The van der Waals surface area contributed by atoms with E-state index in [0.29, 0.717) is 11.4 Å². The van der Waals surface area contributed by atoms with Crippen LogP contribution < -0.4 is 11.1 Å². The lowest BCUT2D eigenvalue weighted by molar-refractivity contribution is 0.102. The van der Waals surface area contributed by atoms with Gasteiger partial charge >= 0.3 is 0 Å². The lowest BCUT2D eigenvalue weighted by Gasteiger charge is -2.09. The monoisotopic (exact) mass is 258 g/mol. The van der Waals surface area contributed by atoms with Crippen LogP contribution in [0.5, 0.6) is 11.5 Å². The standard InChI is InChI=1S/C14H14N2O3/c1-8-5-6-9(7-11(8)15)16-14(19)10-3-2-4-12(17)13(10)18/h2-7,17-18H,15H2,1H3,(H,16,19). The molecule has 0 atom stereocenters. The van der Waals surface area contributed by atoms with E-state index < -0.39 is 11.7 Å². The van der Waals surface area contributed by atoms with Gasteiger partial charge in [0.1, 0.15) is 0 Å². The first-order valence-electron chi connectivity index (χ1n) is 5.67. The van der Waals surface area contributed by atoms with Crippen LogP contribution >= 0.6 is 0 Å². The number of anilines is 2. The lowest BCUT2D eigenvalue weighted by atomic mass is 10.1. The molecule has 0 aliphatic heterocycles. The summed E-state index contributed by atoms with van der Waals surface area (Å²) in [5, 5.41) is 21.6. The van der Waals surface area contributed by atoms with Gasteiger partial charge in [-0.15, -0.1) is 0 Å². The van der Waals surface area contributed by atoms with E-state index in [2.05, 4.69) is 5.32 Å². The molecule has 0 saturated carbocycles. The van der Waals surface area contributed by atoms with Crippen LogP contribution in [-0.4, -0.2) is 16.1 Å². The molecule has 5 N–H and O–H groups in total. The van der Waals surface area contributed by atoms with Gasteiger partial charge in [-0.05, 0) is 36.8 Å². The summed E-state index contributed by atoms with van der Waals surface area (Å²) in [7, 11) is 0. The summed E-state index contributed by atoms with van der Waals surface area (Å²) in [5.74, 6) is -1.30. The SMILES string of the molecule is Cc1ccc(NC(=O)c2cccc(O)c2O)cc1N. The highest BCUT2D eigenvalue weighted by molar-refractivity contribution is 6.06. The Hall–Kier alpha value is -2.69. The van der Waals surface area contributed by atoms with E-state index >= 15 is 0 Å². The molecule has 0 aliphatic rings. The molecule has 0 aliphatic carbocycles. The number of nitrogens with two attached hydrogens (primary N) is 1. The highest BCUT2D eigenvalue weighted by atomic mass is 16.3. The number of aryl methyl sites for hydroxylation is 1. The molecule has 19 heavy (non-hydrogen) atoms. The minimum atomic E-state index is -0.517. The molecule has 0 heterocycles. The van der Waals surface area contributed by atoms with E-state index in [1.54, 1.807) is 18.2 Å². The number of aromatic hydroxyl groups is 2. The molecule has 98 valence electrons. The first-order valence-corrected chi connectivity index (χ1v) is 5.67. The minimum Gasteiger partial charge on any atom is -0.504 e. The maximum Gasteiger partial charge on any atom is 0.259 e. The van der Waals surface area contributed by atoms with Gasteiger partial charge in [0.15, 0.2) is 11.5 Å². The molecule has 0 spiro atoms. The predicted octanol–water partition coefficient (Wildman–Crippen LogP) is 2.24. The van der Waals surface area contributed by atoms with Gasteiger partial charge in [-0.2, -0.15) is 0 Å². The molecule has 5 nitrogen and oxygen atoms in total. The van der Waals surface area contributed by atoms with Gasteiger partial charge in [0.05, 0.1) is 5.56 Å². The van der Waals surface area contributed by atoms with E-state index in [1.807, 2.05) is 6.92 Å². The van der Waals surface area contributed by atoms with Gasteiger partial charge in [0, 0.05) is 11.4 Å². The third kappa shape index (κ3) is 2.60. The third-order valence-electron chi connectivity index (χ3n) is 2.80. The summed E-state index contributed by atoms with van der Waals surface area (Å²) in [4.78, 5) is 12.0. The van der Waals surface area contributed by atoms with Gasteiger partial charge in [-0.1, -0.05) is 12.1 Å². The Bertz CT molecular complexity index is 639. The molecule has 0 unspecified atom stereocenters. The Morgan fingerprint density at radius 1 is 1.21 bits per heavy atom. The van der Waals surface area contributed by atoms with Crippen molar-refractivity contribution in [3.63, 3.8) is 0 Å². The van der Waals surface area contributed by atoms with Crippen molar-refractivity contribution in [1.29, 1.82) is 0 Å². The summed E-state index contributed by atoms with van der Waals surface area (Å²) in [6, 6.07) is 9.33. The molecule has 2 rings (SSSR count). The largest absolute Gasteiger partial charge is 0.504 e. The van der Waals surface area contributed by atoms with Crippen LogP contribution in [0.2, 0.25) is 0 Å². The minimum absolute atomic E-state index is 0.000790. The second kappa shape index (κ2) is 4.89. The Labute approximate surface area is 110 Å². The molecule has 0 bridgehead atoms. The molecule has 0 aromatic heterocycles. The van der Waals surface area contributed by atoms with Crippen LogP contribution in [0.15, 0.2) is 36.4 Å². The molecule has 2 aromatic rings. The topological polar surface area (TPSA) is 95.6 Å². The second-order valence-electron chi connectivity index (χ2n) is 4.20. The van der Waals surface area contributed by atoms with Crippen LogP contribution in [0, 0.1) is 6.92 Å². The van der Waals surface area contributed by atoms with Gasteiger partial charge in [0.25, 0.3) is 5.91 Å². The zero-order chi connectivity index (χ0) is 14.0. The molecule has 0 radical (unpaired) electrons. The molecular weight excluding hydrogens is 244 g/mol. The summed E-state index contributed by atoms with van der Waals surface area (Å²) < 4.78 is 0. The number of phenols is 2. The number of benzene rings is 2. The van der Waals surface area contributed by atoms with Crippen molar-refractivity contribution in [3.8, 4) is 11.5 Å². The fraction of sp³-hybridized carbons (Fsp3) is 0.0714. The van der Waals surface area contributed by atoms with E-state index in [9.17, 15) is 15.0 Å². The fourth-order valence-electron chi connectivity index (χ4n) is 1.63. The highest BCUT2D eigenvalue weighted by Gasteiger charge is 2.14. The van der Waals surface area contributed by atoms with Crippen molar-refractivity contribution in [2.75, 3.05) is 11.1 Å². The number of carbonyl (C=O) groups is 1. The van der Waals surface area contributed by atoms with Gasteiger partial charge in [0.2, 0.25) is 0 Å². The van der Waals surface area contributed by atoms with Crippen molar-refractivity contribution in [2.24, 2.45) is 0 Å². The second-order valence-corrected chi connectivity index (χ2v) is 4.20. The maximum absolute atomic E-state index is 12.0. The van der Waals surface area contributed by atoms with Crippen LogP contribution in [0.4, 0.5) is 11.4 Å². The van der Waals surface area contributed by atoms with Gasteiger partial charge in [-0.3, -0.25) is 4.79 Å². The average molecular weight is 258 g/mol. The number of para-hydroxylation sites is 1. The Morgan fingerprint density at radius 3 is 2.63 bits per heavy atom. The van der Waals surface area contributed by atoms with Gasteiger partial charge in [-0.25, -0.2) is 0 Å². The lowest BCUT2D eigenvalue weighted by Crippen LogP contribution is -2.12. The molecule has 0 fully saturated rings. The number of amides is 1. The van der Waals surface area contributed by atoms with Crippen LogP contribution in [-0.2, 0) is 0 Å². The summed E-state index contributed by atoms with van der Waals surface area (Å²) in [5.41, 5.74) is 7.75. The number of hydrogen-bond acceptors (Lipinski definition) is 4. The number of nitrogens with one attached hydrogen (secondary N) is 1. The predicted molar refractivity (Wildman–Crippen MR) is 73.3 cm³/mol. The average Bonchev–Trinajstić information content (AvgIpc) is 2.37. The van der Waals surface area contributed by atoms with E-state index in [1.165, 1.54) is 18.2 Å². The van der Waals surface area contributed by atoms with Crippen LogP contribution in [0.25, 0.3) is 0 Å². The number of rotatable bonds is 2. The maximum atomic E-state index is 12.0. The fourth-order valence-corrected chi connectivity index (χ4v) is 1.63. The molecule has 2 aromatic carbocycles. The van der Waals surface area contributed by atoms with Crippen molar-refractivity contribution in [3.05, 3.63) is 47.5 Å². The first kappa shape index (κ1) is 12.8. The Balaban J connectivity index is 2.26. The van der Waals surface area contributed by atoms with Crippen LogP contribution in [0.3, 0.4) is 0 Å². The third-order valence-corrected chi connectivity index (χ3v) is 2.80. The summed E-state index contributed by atoms with van der Waals surface area (Å²) >= 11 is 0. The quantitative estimate of drug-likeness (QED) is 0.490. The number of nitrogen functional groups attached to an aromatic ring is 1. The van der Waals surface area contributed by atoms with Crippen molar-refractivity contribution >= 4 is 17.3 Å². The van der Waals surface area contributed by atoms with Crippen molar-refractivity contribution < 1.29 is 15.0 Å². The molecule has 0 saturated heterocycles. The zero-order valence-electron chi connectivity index (χ0n) is 10.3. The number of carbonyl (C=O) groups excluding carboxylic acids is 1. The molecule has 5 heteroatoms. The number of hydrogen-bond donors (Lipinski definition) is 4. The Kier molecular flexibility index (Phi) is 3.29. The van der Waals surface area contributed by atoms with E-state index in [0.717, 1.165) is 5.56 Å². The van der Waals surface area contributed by atoms with Gasteiger partial charge < -0.3 is 21.3 Å². The summed E-state index contributed by atoms with van der Waals surface area (Å²) in [6.45, 7) is 1.86. The molecular formula is C14H14N2O3. The number of phenolic OH excluding ortho intramolecular Hbond substituents is 2. The highest BCUT2D eigenvalue weighted by Crippen LogP contribution is 2.29. The summed E-state index contributed by atoms with van der Waals surface area (Å²) in [6.07, 6.45) is 0. The Morgan fingerprint density at radius 2 is 1.95 bits per heavy atom. The van der Waals surface area contributed by atoms with E-state index in [4.69, 9.17) is 5.73 Å². The first-order chi connectivity index (χ1) is 8.99. The zero-order valence-corrected chi connectivity index (χ0v) is 10.3. The van der Waals surface area contributed by atoms with E-state index in [-0.39, 0.29) is 11.3 Å². The molecule has 1 amide bonds. The van der Waals surface area contributed by atoms with Crippen LogP contribution in [0.1, 0.15) is 15.9 Å².